The van der Waals surface area contributed by atoms with Gasteiger partial charge in [-0.1, -0.05) is 72.8 Å². The molecule has 2 aliphatic carbocycles. The van der Waals surface area contributed by atoms with Crippen molar-refractivity contribution in [3.8, 4) is 0 Å². The van der Waals surface area contributed by atoms with Gasteiger partial charge in [-0.25, -0.2) is 9.18 Å². The van der Waals surface area contributed by atoms with Gasteiger partial charge in [0.1, 0.15) is 5.83 Å². The van der Waals surface area contributed by atoms with Crippen LogP contribution in [0.3, 0.4) is 0 Å². The number of anilines is 1. The molecule has 0 bridgehead atoms. The number of para-hydroxylation sites is 1. The lowest BCUT2D eigenvalue weighted by Crippen LogP contribution is -2.45. The molecule has 33 heavy (non-hydrogen) atoms. The predicted molar refractivity (Wildman–Crippen MR) is 134 cm³/mol. The van der Waals surface area contributed by atoms with Crippen LogP contribution in [0.1, 0.15) is 48.2 Å². The molecule has 5 rings (SSSR count). The SMILES string of the molecule is CC(C)[C@@]1([C@]2(I)C=CC(F)=CC2)C[C@@]12C(=O)N(Cc1cccc(C(=O)O)c1)c1ccccc12. The Kier molecular flexibility index (Phi) is 5.08. The predicted octanol–water partition coefficient (Wildman–Crippen LogP) is 6.20. The van der Waals surface area contributed by atoms with Crippen LogP contribution in [0.25, 0.3) is 0 Å². The number of rotatable bonds is 5. The molecule has 0 aromatic heterocycles. The summed E-state index contributed by atoms with van der Waals surface area (Å²) in [6.45, 7) is 4.63. The second-order valence-electron chi connectivity index (χ2n) is 9.61. The van der Waals surface area contributed by atoms with Gasteiger partial charge in [-0.05, 0) is 60.2 Å². The van der Waals surface area contributed by atoms with Crippen molar-refractivity contribution in [3.05, 3.63) is 89.3 Å². The van der Waals surface area contributed by atoms with Crippen molar-refractivity contribution in [1.29, 1.82) is 0 Å². The fourth-order valence-electron chi connectivity index (χ4n) is 6.25. The summed E-state index contributed by atoms with van der Waals surface area (Å²) in [6.07, 6.45) is 6.37. The van der Waals surface area contributed by atoms with E-state index >= 15 is 0 Å². The number of benzene rings is 2. The Morgan fingerprint density at radius 2 is 1.97 bits per heavy atom. The van der Waals surface area contributed by atoms with E-state index in [0.717, 1.165) is 16.8 Å². The fraction of sp³-hybridized carbons (Fsp3) is 0.333. The second kappa shape index (κ2) is 7.52. The molecular formula is C27H25FINO3. The van der Waals surface area contributed by atoms with Gasteiger partial charge in [0.15, 0.2) is 0 Å². The molecule has 1 fully saturated rings. The summed E-state index contributed by atoms with van der Waals surface area (Å²) < 4.78 is 13.5. The van der Waals surface area contributed by atoms with Gasteiger partial charge >= 0.3 is 5.97 Å². The van der Waals surface area contributed by atoms with E-state index in [1.165, 1.54) is 6.08 Å². The van der Waals surface area contributed by atoms with Crippen LogP contribution in [-0.4, -0.2) is 20.4 Å². The van der Waals surface area contributed by atoms with Crippen LogP contribution in [0.2, 0.25) is 0 Å². The maximum absolute atomic E-state index is 14.2. The molecule has 1 amide bonds. The quantitative estimate of drug-likeness (QED) is 0.352. The summed E-state index contributed by atoms with van der Waals surface area (Å²) in [4.78, 5) is 27.5. The smallest absolute Gasteiger partial charge is 0.335 e. The molecule has 2 aromatic carbocycles. The van der Waals surface area contributed by atoms with Crippen LogP contribution in [0.5, 0.6) is 0 Å². The monoisotopic (exact) mass is 557 g/mol. The molecule has 4 nitrogen and oxygen atoms in total. The van der Waals surface area contributed by atoms with E-state index in [4.69, 9.17) is 0 Å². The van der Waals surface area contributed by atoms with E-state index < -0.39 is 11.4 Å². The third kappa shape index (κ3) is 2.99. The molecule has 1 saturated carbocycles. The Morgan fingerprint density at radius 3 is 2.64 bits per heavy atom. The Hall–Kier alpha value is -2.48. The maximum Gasteiger partial charge on any atom is 0.335 e. The van der Waals surface area contributed by atoms with Crippen molar-refractivity contribution in [2.75, 3.05) is 4.90 Å². The molecule has 1 N–H and O–H groups in total. The zero-order valence-corrected chi connectivity index (χ0v) is 20.7. The van der Waals surface area contributed by atoms with Gasteiger partial charge in [-0.15, -0.1) is 0 Å². The summed E-state index contributed by atoms with van der Waals surface area (Å²) in [6, 6.07) is 14.7. The average molecular weight is 557 g/mol. The van der Waals surface area contributed by atoms with Crippen molar-refractivity contribution < 1.29 is 19.1 Å². The van der Waals surface area contributed by atoms with Gasteiger partial charge in [0.05, 0.1) is 20.9 Å². The third-order valence-electron chi connectivity index (χ3n) is 7.79. The molecule has 1 aliphatic heterocycles. The lowest BCUT2D eigenvalue weighted by molar-refractivity contribution is -0.121. The van der Waals surface area contributed by atoms with Crippen molar-refractivity contribution in [2.45, 2.75) is 42.1 Å². The Balaban J connectivity index is 1.59. The second-order valence-corrected chi connectivity index (χ2v) is 11.5. The maximum atomic E-state index is 14.2. The molecular weight excluding hydrogens is 532 g/mol. The molecule has 6 heteroatoms. The first-order valence-corrected chi connectivity index (χ1v) is 12.2. The molecule has 3 aliphatic rings. The fourth-order valence-corrected chi connectivity index (χ4v) is 7.92. The topological polar surface area (TPSA) is 57.6 Å². The number of aromatic carboxylic acids is 1. The van der Waals surface area contributed by atoms with Crippen molar-refractivity contribution in [1.82, 2.24) is 0 Å². The highest BCUT2D eigenvalue weighted by molar-refractivity contribution is 14.1. The summed E-state index contributed by atoms with van der Waals surface area (Å²) in [7, 11) is 0. The first-order chi connectivity index (χ1) is 15.7. The number of allylic oxidation sites excluding steroid dienone is 4. The summed E-state index contributed by atoms with van der Waals surface area (Å²) >= 11 is 2.44. The van der Waals surface area contributed by atoms with Crippen molar-refractivity contribution in [2.24, 2.45) is 11.3 Å². The van der Waals surface area contributed by atoms with Crippen LogP contribution in [0.4, 0.5) is 10.1 Å². The largest absolute Gasteiger partial charge is 0.478 e. The Morgan fingerprint density at radius 1 is 1.21 bits per heavy atom. The molecule has 0 unspecified atom stereocenters. The number of fused-ring (bicyclic) bond motifs is 2. The highest BCUT2D eigenvalue weighted by Crippen LogP contribution is 2.79. The standard InChI is InChI=1S/C27H25FINO3/c1-17(2)27(25(29)12-10-20(28)11-13-25)16-26(27)21-8-3-4-9-22(21)30(24(26)33)15-18-6-5-7-19(14-18)23(31)32/h3-12,14,17H,13,15-16H2,1-2H3,(H,31,32)/t25-,26+,27+/m0/s1. The number of carboxylic acids is 1. The van der Waals surface area contributed by atoms with Crippen LogP contribution in [0.15, 0.2) is 72.6 Å². The Bertz CT molecular complexity index is 1240. The van der Waals surface area contributed by atoms with Gasteiger partial charge < -0.3 is 10.0 Å². The minimum Gasteiger partial charge on any atom is -0.478 e. The van der Waals surface area contributed by atoms with Crippen molar-refractivity contribution in [3.63, 3.8) is 0 Å². The van der Waals surface area contributed by atoms with E-state index in [1.54, 1.807) is 24.3 Å². The zero-order chi connectivity index (χ0) is 23.6. The van der Waals surface area contributed by atoms with Crippen LogP contribution < -0.4 is 4.90 Å². The summed E-state index contributed by atoms with van der Waals surface area (Å²) in [5.41, 5.74) is 1.87. The van der Waals surface area contributed by atoms with Crippen LogP contribution >= 0.6 is 22.6 Å². The van der Waals surface area contributed by atoms with Gasteiger partial charge in [-0.3, -0.25) is 4.79 Å². The number of carbonyl (C=O) groups excluding carboxylic acids is 1. The number of carbonyl (C=O) groups is 2. The lowest BCUT2D eigenvalue weighted by Gasteiger charge is -2.41. The number of nitrogens with zero attached hydrogens (tertiary/aromatic N) is 1. The molecule has 0 saturated heterocycles. The highest BCUT2D eigenvalue weighted by Gasteiger charge is 2.82. The number of alkyl halides is 1. The first-order valence-electron chi connectivity index (χ1n) is 11.1. The van der Waals surface area contributed by atoms with Crippen LogP contribution in [-0.2, 0) is 16.8 Å². The highest BCUT2D eigenvalue weighted by atomic mass is 127. The Labute approximate surface area is 206 Å². The van der Waals surface area contributed by atoms with Crippen LogP contribution in [0, 0.1) is 11.3 Å². The molecule has 3 atom stereocenters. The molecule has 2 aromatic rings. The number of amides is 1. The third-order valence-corrected chi connectivity index (χ3v) is 9.55. The summed E-state index contributed by atoms with van der Waals surface area (Å²) in [5.74, 6) is -0.966. The number of hydrogen-bond acceptors (Lipinski definition) is 2. The number of halogens is 2. The molecule has 170 valence electrons. The summed E-state index contributed by atoms with van der Waals surface area (Å²) in [5, 5.41) is 9.37. The van der Waals surface area contributed by atoms with E-state index in [1.807, 2.05) is 41.3 Å². The van der Waals surface area contributed by atoms with E-state index in [-0.39, 0.29) is 32.1 Å². The molecule has 1 spiro atoms. The molecule has 0 radical (unpaired) electrons. The van der Waals surface area contributed by atoms with E-state index in [2.05, 4.69) is 36.4 Å². The zero-order valence-electron chi connectivity index (χ0n) is 18.5. The number of hydrogen-bond donors (Lipinski definition) is 1. The lowest BCUT2D eigenvalue weighted by atomic mass is 9.69. The minimum atomic E-state index is -0.987. The normalized spacial score (nSPS) is 30.0. The minimum absolute atomic E-state index is 0.0533. The van der Waals surface area contributed by atoms with Gasteiger partial charge in [0.2, 0.25) is 5.91 Å². The van der Waals surface area contributed by atoms with Gasteiger partial charge in [0, 0.05) is 11.1 Å². The number of carboxylic acid groups (broad SMARTS) is 1. The molecule has 1 heterocycles. The average Bonchev–Trinajstić information content (AvgIpc) is 3.48. The first kappa shape index (κ1) is 22.3. The van der Waals surface area contributed by atoms with E-state index in [0.29, 0.717) is 19.4 Å². The van der Waals surface area contributed by atoms with E-state index in [9.17, 15) is 19.1 Å². The van der Waals surface area contributed by atoms with Gasteiger partial charge in [0.25, 0.3) is 0 Å². The van der Waals surface area contributed by atoms with Crippen molar-refractivity contribution >= 4 is 40.2 Å². The van der Waals surface area contributed by atoms with Gasteiger partial charge in [-0.2, -0.15) is 0 Å².